The average Bonchev–Trinajstić information content (AvgIpc) is 3.12. The van der Waals surface area contributed by atoms with Crippen LogP contribution in [-0.2, 0) is 24.1 Å². The third kappa shape index (κ3) is 5.45. The first-order valence-electron chi connectivity index (χ1n) is 11.7. The molecule has 1 saturated carbocycles. The molecule has 0 amide bonds. The molecule has 4 rings (SSSR count). The summed E-state index contributed by atoms with van der Waals surface area (Å²) >= 11 is 1.69. The molecule has 170 valence electrons. The lowest BCUT2D eigenvalue weighted by atomic mass is 9.89. The van der Waals surface area contributed by atoms with E-state index in [1.165, 1.54) is 29.7 Å². The second-order valence-electron chi connectivity index (χ2n) is 9.25. The quantitative estimate of drug-likeness (QED) is 0.453. The molecule has 6 nitrogen and oxygen atoms in total. The molecule has 2 N–H and O–H groups in total. The Balaban J connectivity index is 1.55. The van der Waals surface area contributed by atoms with Gasteiger partial charge in [-0.15, -0.1) is 17.9 Å². The lowest BCUT2D eigenvalue weighted by Crippen LogP contribution is -2.43. The first-order valence-corrected chi connectivity index (χ1v) is 12.5. The highest BCUT2D eigenvalue weighted by atomic mass is 32.1. The van der Waals surface area contributed by atoms with Crippen LogP contribution in [0.4, 0.5) is 0 Å². The highest BCUT2D eigenvalue weighted by molar-refractivity contribution is 7.18. The van der Waals surface area contributed by atoms with Crippen molar-refractivity contribution in [2.45, 2.75) is 77.0 Å². The Kier molecular flexibility index (Phi) is 7.59. The topological polar surface area (TPSA) is 78.5 Å². The normalized spacial score (nSPS) is 20.8. The molecule has 2 aromatic heterocycles. The molecule has 2 aliphatic carbocycles. The van der Waals surface area contributed by atoms with Gasteiger partial charge in [-0.2, -0.15) is 0 Å². The number of aliphatic hydroxyl groups excluding tert-OH is 1. The average molecular weight is 446 g/mol. The number of aromatic amines is 1. The summed E-state index contributed by atoms with van der Waals surface area (Å²) in [6, 6.07) is 0.404. The third-order valence-corrected chi connectivity index (χ3v) is 7.80. The largest absolute Gasteiger partial charge is 0.389 e. The molecule has 0 bridgehead atoms. The lowest BCUT2D eigenvalue weighted by Gasteiger charge is -2.35. The molecule has 0 saturated heterocycles. The summed E-state index contributed by atoms with van der Waals surface area (Å²) in [7, 11) is 0. The Bertz CT molecular complexity index is 947. The van der Waals surface area contributed by atoms with Gasteiger partial charge >= 0.3 is 0 Å². The van der Waals surface area contributed by atoms with E-state index in [4.69, 9.17) is 9.72 Å². The van der Waals surface area contributed by atoms with Crippen LogP contribution in [0.15, 0.2) is 17.4 Å². The summed E-state index contributed by atoms with van der Waals surface area (Å²) < 4.78 is 5.45. The van der Waals surface area contributed by atoms with Crippen LogP contribution >= 0.6 is 11.3 Å². The summed E-state index contributed by atoms with van der Waals surface area (Å²) in [5, 5.41) is 11.3. The van der Waals surface area contributed by atoms with Crippen molar-refractivity contribution < 1.29 is 9.84 Å². The second-order valence-corrected chi connectivity index (χ2v) is 10.3. The standard InChI is InChI=1S/C24H35N3O3S/c1-3-11-30-15-18(28)13-27(17-7-5-4-6-8-17)14-21-25-23(29)22-19-10-9-16(2)12-20(19)31-24(22)26-21/h3,16-18,28H,1,4-15H2,2H3,(H,25,26,29). The predicted molar refractivity (Wildman–Crippen MR) is 126 cm³/mol. The number of aliphatic hydroxyl groups is 1. The van der Waals surface area contributed by atoms with Crippen molar-refractivity contribution in [2.24, 2.45) is 5.92 Å². The predicted octanol–water partition coefficient (Wildman–Crippen LogP) is 3.81. The van der Waals surface area contributed by atoms with Crippen molar-refractivity contribution in [1.29, 1.82) is 0 Å². The van der Waals surface area contributed by atoms with Crippen molar-refractivity contribution in [3.8, 4) is 0 Å². The Morgan fingerprint density at radius 3 is 2.94 bits per heavy atom. The SMILES string of the molecule is C=CCOCC(O)CN(Cc1nc2sc3c(c2c(=O)[nH]1)CCC(C)C3)C1CCCCC1. The number of hydrogen-bond donors (Lipinski definition) is 2. The van der Waals surface area contributed by atoms with Crippen molar-refractivity contribution in [2.75, 3.05) is 19.8 Å². The number of hydrogen-bond acceptors (Lipinski definition) is 6. The maximum Gasteiger partial charge on any atom is 0.259 e. The molecule has 0 aliphatic heterocycles. The number of nitrogens with one attached hydrogen (secondary N) is 1. The third-order valence-electron chi connectivity index (χ3n) is 6.65. The molecule has 2 atom stereocenters. The van der Waals surface area contributed by atoms with E-state index in [9.17, 15) is 9.90 Å². The molecule has 2 heterocycles. The monoisotopic (exact) mass is 445 g/mol. The van der Waals surface area contributed by atoms with Gasteiger partial charge < -0.3 is 14.8 Å². The fraction of sp³-hybridized carbons (Fsp3) is 0.667. The minimum Gasteiger partial charge on any atom is -0.389 e. The molecule has 0 radical (unpaired) electrons. The number of aryl methyl sites for hydroxylation is 1. The van der Waals surface area contributed by atoms with Gasteiger partial charge in [0, 0.05) is 17.5 Å². The first-order chi connectivity index (χ1) is 15.0. The summed E-state index contributed by atoms with van der Waals surface area (Å²) in [4.78, 5) is 25.4. The highest BCUT2D eigenvalue weighted by Crippen LogP contribution is 2.35. The van der Waals surface area contributed by atoms with E-state index in [0.717, 1.165) is 42.3 Å². The lowest BCUT2D eigenvalue weighted by molar-refractivity contribution is 0.00880. The molecular formula is C24H35N3O3S. The van der Waals surface area contributed by atoms with Gasteiger partial charge in [-0.3, -0.25) is 9.69 Å². The van der Waals surface area contributed by atoms with Gasteiger partial charge in [0.25, 0.3) is 5.56 Å². The van der Waals surface area contributed by atoms with Crippen molar-refractivity contribution in [1.82, 2.24) is 14.9 Å². The summed E-state index contributed by atoms with van der Waals surface area (Å²) in [5.41, 5.74) is 1.21. The van der Waals surface area contributed by atoms with Gasteiger partial charge in [0.05, 0.1) is 31.2 Å². The molecule has 2 aromatic rings. The molecular weight excluding hydrogens is 410 g/mol. The van der Waals surface area contributed by atoms with Crippen LogP contribution in [0, 0.1) is 5.92 Å². The van der Waals surface area contributed by atoms with Crippen LogP contribution in [0.2, 0.25) is 0 Å². The minimum atomic E-state index is -0.576. The van der Waals surface area contributed by atoms with Crippen LogP contribution in [-0.4, -0.2) is 51.9 Å². The number of nitrogens with zero attached hydrogens (tertiary/aromatic N) is 2. The van der Waals surface area contributed by atoms with E-state index in [0.29, 0.717) is 37.5 Å². The maximum atomic E-state index is 13.0. The Morgan fingerprint density at radius 1 is 1.35 bits per heavy atom. The number of ether oxygens (including phenoxy) is 1. The minimum absolute atomic E-state index is 0.00879. The smallest absolute Gasteiger partial charge is 0.259 e. The van der Waals surface area contributed by atoms with Crippen molar-refractivity contribution >= 4 is 21.6 Å². The van der Waals surface area contributed by atoms with Crippen LogP contribution in [0.5, 0.6) is 0 Å². The van der Waals surface area contributed by atoms with E-state index >= 15 is 0 Å². The zero-order valence-corrected chi connectivity index (χ0v) is 19.4. The maximum absolute atomic E-state index is 13.0. The molecule has 2 unspecified atom stereocenters. The zero-order chi connectivity index (χ0) is 21.8. The van der Waals surface area contributed by atoms with Gasteiger partial charge in [0.1, 0.15) is 10.7 Å². The van der Waals surface area contributed by atoms with Crippen molar-refractivity contribution in [3.63, 3.8) is 0 Å². The number of fused-ring (bicyclic) bond motifs is 3. The summed E-state index contributed by atoms with van der Waals surface area (Å²) in [6.45, 7) is 7.72. The van der Waals surface area contributed by atoms with Gasteiger partial charge in [0.15, 0.2) is 0 Å². The second kappa shape index (κ2) is 10.4. The number of thiophene rings is 1. The number of aromatic nitrogens is 2. The number of H-pyrrole nitrogens is 1. The highest BCUT2D eigenvalue weighted by Gasteiger charge is 2.26. The molecule has 0 aromatic carbocycles. The molecule has 31 heavy (non-hydrogen) atoms. The van der Waals surface area contributed by atoms with Crippen LogP contribution < -0.4 is 5.56 Å². The van der Waals surface area contributed by atoms with Gasteiger partial charge in [0.2, 0.25) is 0 Å². The van der Waals surface area contributed by atoms with Crippen LogP contribution in [0.25, 0.3) is 10.2 Å². The zero-order valence-electron chi connectivity index (χ0n) is 18.6. The summed E-state index contributed by atoms with van der Waals surface area (Å²) in [6.07, 6.45) is 10.2. The first kappa shape index (κ1) is 22.6. The summed E-state index contributed by atoms with van der Waals surface area (Å²) in [5.74, 6) is 1.37. The Hall–Kier alpha value is -1.54. The Morgan fingerprint density at radius 2 is 2.16 bits per heavy atom. The van der Waals surface area contributed by atoms with Crippen molar-refractivity contribution in [3.05, 3.63) is 39.3 Å². The van der Waals surface area contributed by atoms with E-state index in [2.05, 4.69) is 23.4 Å². The fourth-order valence-corrected chi connectivity index (χ4v) is 6.46. The van der Waals surface area contributed by atoms with E-state index in [-0.39, 0.29) is 12.2 Å². The molecule has 1 fully saturated rings. The molecule has 0 spiro atoms. The van der Waals surface area contributed by atoms with Gasteiger partial charge in [-0.25, -0.2) is 4.98 Å². The Labute approximate surface area is 188 Å². The van der Waals surface area contributed by atoms with Gasteiger partial charge in [-0.05, 0) is 43.6 Å². The van der Waals surface area contributed by atoms with Crippen LogP contribution in [0.1, 0.15) is 61.7 Å². The van der Waals surface area contributed by atoms with Crippen LogP contribution in [0.3, 0.4) is 0 Å². The number of rotatable bonds is 9. The fourth-order valence-electron chi connectivity index (χ4n) is 5.06. The molecule has 2 aliphatic rings. The molecule has 7 heteroatoms. The van der Waals surface area contributed by atoms with E-state index in [1.54, 1.807) is 17.4 Å². The van der Waals surface area contributed by atoms with E-state index in [1.807, 2.05) is 0 Å². The van der Waals surface area contributed by atoms with E-state index < -0.39 is 6.10 Å². The van der Waals surface area contributed by atoms with Gasteiger partial charge in [-0.1, -0.05) is 32.3 Å².